The molecule has 0 aromatic heterocycles. The maximum atomic E-state index is 13.7. The zero-order valence-corrected chi connectivity index (χ0v) is 18.6. The van der Waals surface area contributed by atoms with Crippen LogP contribution in [0.4, 0.5) is 0 Å². The van der Waals surface area contributed by atoms with Gasteiger partial charge in [-0.15, -0.1) is 0 Å². The number of rotatable bonds is 6. The highest BCUT2D eigenvalue weighted by Gasteiger charge is 2.24. The third-order valence-electron chi connectivity index (χ3n) is 5.46. The second-order valence-electron chi connectivity index (χ2n) is 7.46. The summed E-state index contributed by atoms with van der Waals surface area (Å²) in [6.07, 6.45) is 2.84. The fourth-order valence-electron chi connectivity index (χ4n) is 3.69. The first-order chi connectivity index (χ1) is 15.9. The smallest absolute Gasteiger partial charge is 0.206 e. The van der Waals surface area contributed by atoms with E-state index in [0.717, 1.165) is 0 Å². The molecule has 4 rings (SSSR count). The largest absolute Gasteiger partial charge is 0.507 e. The molecule has 164 valence electrons. The van der Waals surface area contributed by atoms with E-state index < -0.39 is 9.84 Å². The van der Waals surface area contributed by atoms with Crippen LogP contribution in [-0.2, 0) is 9.84 Å². The molecule has 33 heavy (non-hydrogen) atoms. The molecule has 4 aromatic carbocycles. The first kappa shape index (κ1) is 22.1. The molecule has 0 bridgehead atoms. The molecule has 0 fully saturated rings. The lowest BCUT2D eigenvalue weighted by molar-refractivity contribution is 0.475. The highest BCUT2D eigenvalue weighted by molar-refractivity contribution is 7.91. The van der Waals surface area contributed by atoms with Gasteiger partial charge in [-0.3, -0.25) is 0 Å². The van der Waals surface area contributed by atoms with Gasteiger partial charge in [-0.1, -0.05) is 86.0 Å². The average Bonchev–Trinajstić information content (AvgIpc) is 2.85. The molecule has 0 spiro atoms. The van der Waals surface area contributed by atoms with Gasteiger partial charge < -0.3 is 10.2 Å². The molecule has 2 N–H and O–H groups in total. The molecule has 0 saturated heterocycles. The van der Waals surface area contributed by atoms with Crippen molar-refractivity contribution in [2.45, 2.75) is 9.79 Å². The summed E-state index contributed by atoms with van der Waals surface area (Å²) in [6, 6.07) is 23.8. The molecule has 0 saturated carbocycles. The Kier molecular flexibility index (Phi) is 5.90. The summed E-state index contributed by atoms with van der Waals surface area (Å²) in [6.45, 7) is 7.43. The molecule has 0 atom stereocenters. The molecular weight excluding hydrogens is 432 g/mol. The van der Waals surface area contributed by atoms with Crippen molar-refractivity contribution in [1.29, 1.82) is 0 Å². The molecule has 0 aliphatic heterocycles. The minimum atomic E-state index is -4.02. The van der Waals surface area contributed by atoms with E-state index in [-0.39, 0.29) is 21.3 Å². The standard InChI is InChI=1S/C28H22O4S/c1-3-19-15-23(17-25(27(19)29)21-11-7-5-8-12-21)33(31,32)24-16-20(4-2)28(30)26(18-24)22-13-9-6-10-14-22/h3-18,29-30H,1-2H2. The summed E-state index contributed by atoms with van der Waals surface area (Å²) in [5, 5.41) is 21.4. The molecule has 0 aliphatic carbocycles. The Hall–Kier alpha value is -4.09. The monoisotopic (exact) mass is 454 g/mol. The molecule has 0 unspecified atom stereocenters. The molecule has 0 radical (unpaired) electrons. The number of hydrogen-bond acceptors (Lipinski definition) is 4. The summed E-state index contributed by atoms with van der Waals surface area (Å²) in [5.74, 6) is -0.0878. The van der Waals surface area contributed by atoms with E-state index in [4.69, 9.17) is 0 Å². The van der Waals surface area contributed by atoms with Gasteiger partial charge in [-0.05, 0) is 35.4 Å². The van der Waals surface area contributed by atoms with E-state index in [2.05, 4.69) is 13.2 Å². The lowest BCUT2D eigenvalue weighted by atomic mass is 10.0. The molecule has 4 nitrogen and oxygen atoms in total. The average molecular weight is 455 g/mol. The Morgan fingerprint density at radius 3 is 1.30 bits per heavy atom. The van der Waals surface area contributed by atoms with Crippen LogP contribution < -0.4 is 0 Å². The van der Waals surface area contributed by atoms with Crippen molar-refractivity contribution in [2.24, 2.45) is 0 Å². The van der Waals surface area contributed by atoms with E-state index in [1.165, 1.54) is 36.4 Å². The molecule has 4 aromatic rings. The fourth-order valence-corrected chi connectivity index (χ4v) is 5.07. The Morgan fingerprint density at radius 1 is 0.606 bits per heavy atom. The van der Waals surface area contributed by atoms with Crippen molar-refractivity contribution < 1.29 is 18.6 Å². The quantitative estimate of drug-likeness (QED) is 0.346. The van der Waals surface area contributed by atoms with E-state index in [1.54, 1.807) is 24.3 Å². The van der Waals surface area contributed by atoms with Gasteiger partial charge in [-0.25, -0.2) is 8.42 Å². The van der Waals surface area contributed by atoms with Crippen molar-refractivity contribution in [3.05, 3.63) is 109 Å². The van der Waals surface area contributed by atoms with Gasteiger partial charge in [0, 0.05) is 22.3 Å². The summed E-state index contributed by atoms with van der Waals surface area (Å²) in [7, 11) is -4.02. The summed E-state index contributed by atoms with van der Waals surface area (Å²) in [5.41, 5.74) is 2.74. The van der Waals surface area contributed by atoms with Crippen molar-refractivity contribution in [3.8, 4) is 33.8 Å². The topological polar surface area (TPSA) is 74.6 Å². The predicted octanol–water partition coefficient (Wildman–Crippen LogP) is 6.55. The minimum absolute atomic E-state index is 0.00812. The molecule has 0 aliphatic rings. The van der Waals surface area contributed by atoms with Gasteiger partial charge in [0.05, 0.1) is 9.79 Å². The molecule has 0 amide bonds. The van der Waals surface area contributed by atoms with E-state index in [1.807, 2.05) is 36.4 Å². The SMILES string of the molecule is C=Cc1cc(S(=O)(=O)c2cc(C=C)c(O)c(-c3ccccc3)c2)cc(-c2ccccc2)c1O. The zero-order valence-electron chi connectivity index (χ0n) is 17.8. The third-order valence-corrected chi connectivity index (χ3v) is 7.17. The maximum Gasteiger partial charge on any atom is 0.206 e. The molecular formula is C28H22O4S. The number of phenols is 2. The van der Waals surface area contributed by atoms with Crippen molar-refractivity contribution in [2.75, 3.05) is 0 Å². The Bertz CT molecular complexity index is 1350. The minimum Gasteiger partial charge on any atom is -0.507 e. The fraction of sp³-hybridized carbons (Fsp3) is 0. The van der Waals surface area contributed by atoms with Crippen LogP contribution in [-0.4, -0.2) is 18.6 Å². The van der Waals surface area contributed by atoms with Gasteiger partial charge in [0.1, 0.15) is 11.5 Å². The second kappa shape index (κ2) is 8.81. The second-order valence-corrected chi connectivity index (χ2v) is 9.41. The molecule has 0 heterocycles. The van der Waals surface area contributed by atoms with Crippen molar-refractivity contribution in [3.63, 3.8) is 0 Å². The van der Waals surface area contributed by atoms with Gasteiger partial charge in [0.25, 0.3) is 0 Å². The number of aromatic hydroxyl groups is 2. The van der Waals surface area contributed by atoms with Crippen LogP contribution in [0, 0.1) is 0 Å². The Morgan fingerprint density at radius 2 is 0.970 bits per heavy atom. The van der Waals surface area contributed by atoms with E-state index in [9.17, 15) is 18.6 Å². The van der Waals surface area contributed by atoms with Crippen LogP contribution in [0.2, 0.25) is 0 Å². The summed E-state index contributed by atoms with van der Waals surface area (Å²) in [4.78, 5) is 0.0162. The van der Waals surface area contributed by atoms with Crippen LogP contribution in [0.3, 0.4) is 0 Å². The molecule has 5 heteroatoms. The summed E-state index contributed by atoms with van der Waals surface area (Å²) >= 11 is 0. The highest BCUT2D eigenvalue weighted by Crippen LogP contribution is 2.40. The van der Waals surface area contributed by atoms with Gasteiger partial charge in [0.15, 0.2) is 0 Å². The van der Waals surface area contributed by atoms with Crippen LogP contribution >= 0.6 is 0 Å². The van der Waals surface area contributed by atoms with E-state index >= 15 is 0 Å². The van der Waals surface area contributed by atoms with Crippen LogP contribution in [0.25, 0.3) is 34.4 Å². The maximum absolute atomic E-state index is 13.7. The lowest BCUT2D eigenvalue weighted by Crippen LogP contribution is -2.04. The van der Waals surface area contributed by atoms with Gasteiger partial charge >= 0.3 is 0 Å². The normalized spacial score (nSPS) is 11.2. The Balaban J connectivity index is 1.96. The van der Waals surface area contributed by atoms with Crippen LogP contribution in [0.15, 0.2) is 108 Å². The number of phenolic OH excluding ortho intramolecular Hbond substituents is 2. The van der Waals surface area contributed by atoms with E-state index in [0.29, 0.717) is 33.4 Å². The number of sulfone groups is 1. The van der Waals surface area contributed by atoms with Gasteiger partial charge in [0.2, 0.25) is 9.84 Å². The first-order valence-electron chi connectivity index (χ1n) is 10.2. The first-order valence-corrected chi connectivity index (χ1v) is 11.7. The number of hydrogen-bond donors (Lipinski definition) is 2. The number of benzene rings is 4. The third kappa shape index (κ3) is 4.06. The van der Waals surface area contributed by atoms with Gasteiger partial charge in [-0.2, -0.15) is 0 Å². The lowest BCUT2D eigenvalue weighted by Gasteiger charge is -2.15. The predicted molar refractivity (Wildman–Crippen MR) is 133 cm³/mol. The highest BCUT2D eigenvalue weighted by atomic mass is 32.2. The Labute approximate surface area is 193 Å². The zero-order chi connectivity index (χ0) is 23.6. The summed E-state index contributed by atoms with van der Waals surface area (Å²) < 4.78 is 27.5. The van der Waals surface area contributed by atoms with Crippen molar-refractivity contribution >= 4 is 22.0 Å². The van der Waals surface area contributed by atoms with Crippen molar-refractivity contribution in [1.82, 2.24) is 0 Å². The van der Waals surface area contributed by atoms with Crippen LogP contribution in [0.1, 0.15) is 11.1 Å². The van der Waals surface area contributed by atoms with Crippen LogP contribution in [0.5, 0.6) is 11.5 Å².